The van der Waals surface area contributed by atoms with Crippen molar-refractivity contribution in [2.45, 2.75) is 19.4 Å². The number of methoxy groups -OCH3 is 1. The minimum absolute atomic E-state index is 0.128. The lowest BCUT2D eigenvalue weighted by Crippen LogP contribution is -2.32. The standard InChI is InChI=1S/C14H22N2O4/c1-3-16(15-18)10-13(17)11-20-14-6-4-12(5-7-14)8-9-19-2/h4-7,13,17H,3,8-11H2,1-2H3. The van der Waals surface area contributed by atoms with E-state index >= 15 is 0 Å². The van der Waals surface area contributed by atoms with E-state index in [0.29, 0.717) is 18.9 Å². The molecule has 1 unspecified atom stereocenters. The van der Waals surface area contributed by atoms with Crippen molar-refractivity contribution < 1.29 is 14.6 Å². The fourth-order valence-electron chi connectivity index (χ4n) is 1.68. The summed E-state index contributed by atoms with van der Waals surface area (Å²) < 4.78 is 10.5. The van der Waals surface area contributed by atoms with Crippen molar-refractivity contribution in [3.05, 3.63) is 34.7 Å². The Bertz CT molecular complexity index is 383. The molecule has 1 aromatic carbocycles. The molecule has 0 radical (unpaired) electrons. The summed E-state index contributed by atoms with van der Waals surface area (Å²) in [4.78, 5) is 10.4. The molecule has 0 aliphatic carbocycles. The number of aliphatic hydroxyl groups excluding tert-OH is 1. The average molecular weight is 282 g/mol. The lowest BCUT2D eigenvalue weighted by Gasteiger charge is -2.17. The van der Waals surface area contributed by atoms with Gasteiger partial charge in [-0.3, -0.25) is 5.01 Å². The summed E-state index contributed by atoms with van der Waals surface area (Å²) in [7, 11) is 1.67. The minimum atomic E-state index is -0.749. The molecular formula is C14H22N2O4. The summed E-state index contributed by atoms with van der Waals surface area (Å²) in [5, 5.41) is 13.8. The molecule has 0 fully saturated rings. The minimum Gasteiger partial charge on any atom is -0.491 e. The van der Waals surface area contributed by atoms with Gasteiger partial charge < -0.3 is 14.6 Å². The molecule has 1 atom stereocenters. The van der Waals surface area contributed by atoms with Crippen LogP contribution in [0.5, 0.6) is 5.75 Å². The summed E-state index contributed by atoms with van der Waals surface area (Å²) in [6.45, 7) is 3.25. The number of aliphatic hydroxyl groups is 1. The topological polar surface area (TPSA) is 71.4 Å². The fourth-order valence-corrected chi connectivity index (χ4v) is 1.68. The molecule has 0 aliphatic heterocycles. The Kier molecular flexibility index (Phi) is 7.60. The Balaban J connectivity index is 2.35. The molecular weight excluding hydrogens is 260 g/mol. The molecule has 6 heteroatoms. The lowest BCUT2D eigenvalue weighted by molar-refractivity contribution is 0.0703. The number of hydrogen-bond acceptors (Lipinski definition) is 5. The van der Waals surface area contributed by atoms with Gasteiger partial charge in [-0.1, -0.05) is 12.1 Å². The van der Waals surface area contributed by atoms with E-state index in [9.17, 15) is 10.0 Å². The van der Waals surface area contributed by atoms with Gasteiger partial charge in [-0.05, 0) is 31.0 Å². The first-order valence-electron chi connectivity index (χ1n) is 6.66. The number of benzene rings is 1. The van der Waals surface area contributed by atoms with Gasteiger partial charge in [-0.25, -0.2) is 0 Å². The molecule has 112 valence electrons. The lowest BCUT2D eigenvalue weighted by atomic mass is 10.1. The van der Waals surface area contributed by atoms with Crippen molar-refractivity contribution in [1.29, 1.82) is 0 Å². The van der Waals surface area contributed by atoms with Gasteiger partial charge in [0.05, 0.1) is 18.4 Å². The molecule has 0 heterocycles. The molecule has 0 saturated heterocycles. The van der Waals surface area contributed by atoms with E-state index in [0.717, 1.165) is 6.42 Å². The van der Waals surface area contributed by atoms with Crippen LogP contribution in [0.15, 0.2) is 29.6 Å². The quantitative estimate of drug-likeness (QED) is 0.521. The first kappa shape index (κ1) is 16.4. The Morgan fingerprint density at radius 1 is 1.35 bits per heavy atom. The molecule has 0 aromatic heterocycles. The van der Waals surface area contributed by atoms with Gasteiger partial charge in [0, 0.05) is 13.7 Å². The maximum absolute atomic E-state index is 10.4. The molecule has 1 N–H and O–H groups in total. The predicted molar refractivity (Wildman–Crippen MR) is 76.6 cm³/mol. The van der Waals surface area contributed by atoms with E-state index in [1.165, 1.54) is 10.6 Å². The smallest absolute Gasteiger partial charge is 0.119 e. The summed E-state index contributed by atoms with van der Waals surface area (Å²) in [5.74, 6) is 0.687. The van der Waals surface area contributed by atoms with Crippen molar-refractivity contribution in [3.8, 4) is 5.75 Å². The first-order valence-corrected chi connectivity index (χ1v) is 6.66. The van der Waals surface area contributed by atoms with Crippen molar-refractivity contribution in [1.82, 2.24) is 5.01 Å². The molecule has 1 aromatic rings. The second-order valence-corrected chi connectivity index (χ2v) is 4.44. The van der Waals surface area contributed by atoms with Crippen LogP contribution < -0.4 is 4.74 Å². The number of rotatable bonds is 10. The van der Waals surface area contributed by atoms with Crippen LogP contribution in [0.3, 0.4) is 0 Å². The summed E-state index contributed by atoms with van der Waals surface area (Å²) >= 11 is 0. The Labute approximate surface area is 119 Å². The fraction of sp³-hybridized carbons (Fsp3) is 0.571. The van der Waals surface area contributed by atoms with Gasteiger partial charge in [0.1, 0.15) is 18.5 Å². The van der Waals surface area contributed by atoms with Gasteiger partial charge in [0.2, 0.25) is 0 Å². The third-order valence-corrected chi connectivity index (χ3v) is 2.86. The third-order valence-electron chi connectivity index (χ3n) is 2.86. The van der Waals surface area contributed by atoms with Crippen molar-refractivity contribution in [3.63, 3.8) is 0 Å². The van der Waals surface area contributed by atoms with Crippen LogP contribution in [-0.2, 0) is 11.2 Å². The second kappa shape index (κ2) is 9.28. The Morgan fingerprint density at radius 3 is 2.60 bits per heavy atom. The van der Waals surface area contributed by atoms with Gasteiger partial charge >= 0.3 is 0 Å². The van der Waals surface area contributed by atoms with Crippen LogP contribution in [0.2, 0.25) is 0 Å². The molecule has 0 bridgehead atoms. The number of ether oxygens (including phenoxy) is 2. The summed E-state index contributed by atoms with van der Waals surface area (Å²) in [5.41, 5.74) is 1.17. The van der Waals surface area contributed by atoms with E-state index in [1.807, 2.05) is 24.3 Å². The number of nitroso groups, excluding NO2 is 1. The van der Waals surface area contributed by atoms with Gasteiger partial charge in [-0.15, -0.1) is 4.91 Å². The van der Waals surface area contributed by atoms with E-state index in [2.05, 4.69) is 5.29 Å². The highest BCUT2D eigenvalue weighted by atomic mass is 16.5. The van der Waals surface area contributed by atoms with Crippen molar-refractivity contribution in [2.24, 2.45) is 5.29 Å². The molecule has 0 spiro atoms. The van der Waals surface area contributed by atoms with Crippen molar-refractivity contribution in [2.75, 3.05) is 33.4 Å². The Hall–Kier alpha value is -1.66. The van der Waals surface area contributed by atoms with E-state index < -0.39 is 6.10 Å². The summed E-state index contributed by atoms with van der Waals surface area (Å²) in [6.07, 6.45) is 0.108. The van der Waals surface area contributed by atoms with Crippen LogP contribution >= 0.6 is 0 Å². The zero-order chi connectivity index (χ0) is 14.8. The van der Waals surface area contributed by atoms with E-state index in [-0.39, 0.29) is 13.2 Å². The maximum atomic E-state index is 10.4. The maximum Gasteiger partial charge on any atom is 0.119 e. The number of likely N-dealkylation sites (N-methyl/N-ethyl adjacent to an activating group) is 1. The second-order valence-electron chi connectivity index (χ2n) is 4.44. The highest BCUT2D eigenvalue weighted by molar-refractivity contribution is 5.27. The molecule has 6 nitrogen and oxygen atoms in total. The Morgan fingerprint density at radius 2 is 2.05 bits per heavy atom. The monoisotopic (exact) mass is 282 g/mol. The third kappa shape index (κ3) is 5.99. The molecule has 1 rings (SSSR count). The molecule has 0 amide bonds. The first-order chi connectivity index (χ1) is 9.69. The van der Waals surface area contributed by atoms with E-state index in [4.69, 9.17) is 9.47 Å². The number of hydrogen-bond donors (Lipinski definition) is 1. The van der Waals surface area contributed by atoms with Gasteiger partial charge in [0.15, 0.2) is 0 Å². The molecule has 0 saturated carbocycles. The van der Waals surface area contributed by atoms with Crippen molar-refractivity contribution >= 4 is 0 Å². The van der Waals surface area contributed by atoms with E-state index in [1.54, 1.807) is 14.0 Å². The number of nitrogens with zero attached hydrogens (tertiary/aromatic N) is 2. The molecule has 20 heavy (non-hydrogen) atoms. The zero-order valence-corrected chi connectivity index (χ0v) is 12.0. The highest BCUT2D eigenvalue weighted by Gasteiger charge is 2.10. The molecule has 0 aliphatic rings. The largest absolute Gasteiger partial charge is 0.491 e. The van der Waals surface area contributed by atoms with Crippen LogP contribution in [0.4, 0.5) is 0 Å². The predicted octanol–water partition coefficient (Wildman–Crippen LogP) is 1.62. The SMILES string of the molecule is CCN(CC(O)COc1ccc(CCOC)cc1)N=O. The zero-order valence-electron chi connectivity index (χ0n) is 12.0. The van der Waals surface area contributed by atoms with Gasteiger partial charge in [0.25, 0.3) is 0 Å². The van der Waals surface area contributed by atoms with Gasteiger partial charge in [-0.2, -0.15) is 0 Å². The van der Waals surface area contributed by atoms with Crippen LogP contribution in [0.1, 0.15) is 12.5 Å². The highest BCUT2D eigenvalue weighted by Crippen LogP contribution is 2.13. The van der Waals surface area contributed by atoms with Crippen LogP contribution in [0.25, 0.3) is 0 Å². The van der Waals surface area contributed by atoms with Crippen LogP contribution in [0, 0.1) is 4.91 Å². The average Bonchev–Trinajstić information content (AvgIpc) is 2.49. The van der Waals surface area contributed by atoms with Crippen LogP contribution in [-0.4, -0.2) is 49.6 Å². The normalized spacial score (nSPS) is 11.9. The summed E-state index contributed by atoms with van der Waals surface area (Å²) in [6, 6.07) is 7.64.